The molecule has 5 nitrogen and oxygen atoms in total. The highest BCUT2D eigenvalue weighted by Gasteiger charge is 2.70. The molecular weight excluding hydrogens is 234 g/mol. The highest BCUT2D eigenvalue weighted by atomic mass is 16.4. The number of aliphatic carboxylic acids is 1. The molecule has 0 bridgehead atoms. The Morgan fingerprint density at radius 1 is 1.11 bits per heavy atom. The van der Waals surface area contributed by atoms with Crippen LogP contribution in [0.4, 0.5) is 0 Å². The van der Waals surface area contributed by atoms with Crippen LogP contribution in [0, 0.1) is 17.8 Å². The number of carboxylic acid groups (broad SMARTS) is 1. The second-order valence-electron chi connectivity index (χ2n) is 4.66. The molecule has 0 aromatic heterocycles. The molecule has 2 amide bonds. The van der Waals surface area contributed by atoms with Crippen molar-refractivity contribution in [1.82, 2.24) is 4.90 Å². The first-order chi connectivity index (χ1) is 8.61. The van der Waals surface area contributed by atoms with Crippen molar-refractivity contribution in [2.24, 2.45) is 17.8 Å². The SMILES string of the molecule is O=C(O)[C@@H]1[C@H]2C(=O)N(Cc3ccccc3)C(=O)[C@@H]12. The summed E-state index contributed by atoms with van der Waals surface area (Å²) in [5.41, 5.74) is 0.868. The summed E-state index contributed by atoms with van der Waals surface area (Å²) in [5, 5.41) is 8.85. The molecule has 1 N–H and O–H groups in total. The highest BCUT2D eigenvalue weighted by molar-refractivity contribution is 6.13. The third-order valence-electron chi connectivity index (χ3n) is 3.59. The van der Waals surface area contributed by atoms with E-state index in [0.29, 0.717) is 0 Å². The van der Waals surface area contributed by atoms with Gasteiger partial charge in [0.25, 0.3) is 0 Å². The summed E-state index contributed by atoms with van der Waals surface area (Å²) < 4.78 is 0. The van der Waals surface area contributed by atoms with Gasteiger partial charge >= 0.3 is 5.97 Å². The van der Waals surface area contributed by atoms with Crippen LogP contribution < -0.4 is 0 Å². The van der Waals surface area contributed by atoms with Crippen molar-refractivity contribution in [2.45, 2.75) is 6.54 Å². The minimum atomic E-state index is -1.05. The van der Waals surface area contributed by atoms with Gasteiger partial charge in [0.1, 0.15) is 0 Å². The normalized spacial score (nSPS) is 29.3. The molecule has 1 aliphatic carbocycles. The zero-order valence-electron chi connectivity index (χ0n) is 9.45. The minimum absolute atomic E-state index is 0.234. The van der Waals surface area contributed by atoms with Crippen LogP contribution in [0.25, 0.3) is 0 Å². The quantitative estimate of drug-likeness (QED) is 0.787. The molecule has 0 spiro atoms. The number of fused-ring (bicyclic) bond motifs is 1. The molecule has 0 radical (unpaired) electrons. The lowest BCUT2D eigenvalue weighted by Gasteiger charge is -2.17. The second kappa shape index (κ2) is 3.66. The van der Waals surface area contributed by atoms with E-state index >= 15 is 0 Å². The van der Waals surface area contributed by atoms with Gasteiger partial charge in [0.05, 0.1) is 24.3 Å². The average molecular weight is 245 g/mol. The van der Waals surface area contributed by atoms with Crippen molar-refractivity contribution < 1.29 is 19.5 Å². The molecule has 5 heteroatoms. The van der Waals surface area contributed by atoms with Crippen LogP contribution in [0.5, 0.6) is 0 Å². The van der Waals surface area contributed by atoms with Gasteiger partial charge in [0, 0.05) is 0 Å². The Morgan fingerprint density at radius 2 is 1.67 bits per heavy atom. The Bertz CT molecular complexity index is 517. The van der Waals surface area contributed by atoms with Gasteiger partial charge in [-0.15, -0.1) is 0 Å². The van der Waals surface area contributed by atoms with Gasteiger partial charge in [-0.2, -0.15) is 0 Å². The van der Waals surface area contributed by atoms with Crippen LogP contribution in [-0.2, 0) is 20.9 Å². The van der Waals surface area contributed by atoms with Gasteiger partial charge in [-0.3, -0.25) is 19.3 Å². The first-order valence-electron chi connectivity index (χ1n) is 5.73. The van der Waals surface area contributed by atoms with Crippen LogP contribution in [0.3, 0.4) is 0 Å². The van der Waals surface area contributed by atoms with Gasteiger partial charge in [-0.1, -0.05) is 30.3 Å². The zero-order valence-corrected chi connectivity index (χ0v) is 9.45. The molecule has 2 fully saturated rings. The number of hydrogen-bond donors (Lipinski definition) is 1. The third-order valence-corrected chi connectivity index (χ3v) is 3.59. The summed E-state index contributed by atoms with van der Waals surface area (Å²) in [6, 6.07) is 9.19. The zero-order chi connectivity index (χ0) is 12.9. The molecule has 1 saturated carbocycles. The van der Waals surface area contributed by atoms with E-state index in [4.69, 9.17) is 5.11 Å². The molecule has 3 atom stereocenters. The maximum absolute atomic E-state index is 11.9. The first kappa shape index (κ1) is 11.0. The summed E-state index contributed by atoms with van der Waals surface area (Å²) in [4.78, 5) is 35.8. The fourth-order valence-corrected chi connectivity index (χ4v) is 2.62. The second-order valence-corrected chi connectivity index (χ2v) is 4.66. The van der Waals surface area contributed by atoms with E-state index < -0.39 is 23.7 Å². The standard InChI is InChI=1S/C13H11NO4/c15-11-8-9(10(8)13(17)18)12(16)14(11)6-7-4-2-1-3-5-7/h1-5,8-10H,6H2,(H,17,18)/t8-,9+,10+. The average Bonchev–Trinajstić information content (AvgIpc) is 3.05. The number of carbonyl (C=O) groups is 3. The molecule has 92 valence electrons. The van der Waals surface area contributed by atoms with E-state index in [1.807, 2.05) is 30.3 Å². The number of nitrogens with zero attached hydrogens (tertiary/aromatic N) is 1. The smallest absolute Gasteiger partial charge is 0.308 e. The van der Waals surface area contributed by atoms with E-state index in [1.165, 1.54) is 4.90 Å². The number of piperidine rings is 1. The summed E-state index contributed by atoms with van der Waals surface area (Å²) in [5.74, 6) is -3.79. The lowest BCUT2D eigenvalue weighted by atomic mass is 10.2. The summed E-state index contributed by atoms with van der Waals surface area (Å²) in [7, 11) is 0. The van der Waals surface area contributed by atoms with Gasteiger partial charge < -0.3 is 5.11 Å². The predicted molar refractivity (Wildman–Crippen MR) is 60.1 cm³/mol. The number of hydrogen-bond acceptors (Lipinski definition) is 3. The van der Waals surface area contributed by atoms with Crippen molar-refractivity contribution in [1.29, 1.82) is 0 Å². The topological polar surface area (TPSA) is 74.7 Å². The molecule has 2 aliphatic rings. The molecule has 1 heterocycles. The number of imide groups is 1. The Balaban J connectivity index is 1.76. The monoisotopic (exact) mass is 245 g/mol. The molecule has 1 aromatic carbocycles. The molecule has 3 rings (SSSR count). The fourth-order valence-electron chi connectivity index (χ4n) is 2.62. The summed E-state index contributed by atoms with van der Waals surface area (Å²) in [6.45, 7) is 0.234. The largest absolute Gasteiger partial charge is 0.481 e. The van der Waals surface area contributed by atoms with E-state index in [9.17, 15) is 14.4 Å². The van der Waals surface area contributed by atoms with Crippen molar-refractivity contribution in [3.05, 3.63) is 35.9 Å². The third kappa shape index (κ3) is 1.44. The van der Waals surface area contributed by atoms with Crippen molar-refractivity contribution in [3.63, 3.8) is 0 Å². The number of carboxylic acids is 1. The van der Waals surface area contributed by atoms with Crippen LogP contribution in [0.15, 0.2) is 30.3 Å². The molecule has 0 unspecified atom stereocenters. The summed E-state index contributed by atoms with van der Waals surface area (Å²) in [6.07, 6.45) is 0. The van der Waals surface area contributed by atoms with Gasteiger partial charge in [0.2, 0.25) is 11.8 Å². The predicted octanol–water partition coefficient (Wildman–Crippen LogP) is 0.502. The maximum atomic E-state index is 11.9. The van der Waals surface area contributed by atoms with Crippen LogP contribution in [-0.4, -0.2) is 27.8 Å². The highest BCUT2D eigenvalue weighted by Crippen LogP contribution is 2.53. The van der Waals surface area contributed by atoms with Crippen LogP contribution >= 0.6 is 0 Å². The van der Waals surface area contributed by atoms with Gasteiger partial charge in [-0.05, 0) is 5.56 Å². The van der Waals surface area contributed by atoms with Gasteiger partial charge in [-0.25, -0.2) is 0 Å². The van der Waals surface area contributed by atoms with Gasteiger partial charge in [0.15, 0.2) is 0 Å². The van der Waals surface area contributed by atoms with E-state index in [2.05, 4.69) is 0 Å². The maximum Gasteiger partial charge on any atom is 0.308 e. The molecule has 1 aliphatic heterocycles. The lowest BCUT2D eigenvalue weighted by Crippen LogP contribution is -2.35. The molecule has 1 aromatic rings. The molecule has 18 heavy (non-hydrogen) atoms. The van der Waals surface area contributed by atoms with E-state index in [1.54, 1.807) is 0 Å². The first-order valence-corrected chi connectivity index (χ1v) is 5.73. The number of carbonyl (C=O) groups excluding carboxylic acids is 2. The lowest BCUT2D eigenvalue weighted by molar-refractivity contribution is -0.149. The van der Waals surface area contributed by atoms with Crippen molar-refractivity contribution >= 4 is 17.8 Å². The van der Waals surface area contributed by atoms with Crippen molar-refractivity contribution in [2.75, 3.05) is 0 Å². The number of rotatable bonds is 3. The summed E-state index contributed by atoms with van der Waals surface area (Å²) >= 11 is 0. The van der Waals surface area contributed by atoms with E-state index in [0.717, 1.165) is 5.56 Å². The number of benzene rings is 1. The minimum Gasteiger partial charge on any atom is -0.481 e. The Kier molecular flexibility index (Phi) is 2.23. The van der Waals surface area contributed by atoms with Crippen LogP contribution in [0.2, 0.25) is 0 Å². The van der Waals surface area contributed by atoms with Crippen molar-refractivity contribution in [3.8, 4) is 0 Å². The Hall–Kier alpha value is -2.17. The van der Waals surface area contributed by atoms with Crippen LogP contribution in [0.1, 0.15) is 5.56 Å². The Labute approximate surface area is 103 Å². The number of likely N-dealkylation sites (tertiary alicyclic amines) is 1. The fraction of sp³-hybridized carbons (Fsp3) is 0.308. The molecule has 1 saturated heterocycles. The Morgan fingerprint density at radius 3 is 2.17 bits per heavy atom. The van der Waals surface area contributed by atoms with E-state index in [-0.39, 0.29) is 18.4 Å². The number of amides is 2. The molecular formula is C13H11NO4.